The fraction of sp³-hybridized carbons (Fsp3) is 0.385. The Labute approximate surface area is 117 Å². The van der Waals surface area contributed by atoms with Gasteiger partial charge in [-0.05, 0) is 53.6 Å². The molecule has 0 aliphatic carbocycles. The van der Waals surface area contributed by atoms with Crippen LogP contribution >= 0.6 is 0 Å². The Bertz CT molecular complexity index is 536. The number of anilines is 1. The largest absolute Gasteiger partial charge is 0.330 e. The standard InChI is InChI=1S/C13H18N6O/c1-10(8-14)2-7-13(20)16-11-3-5-12(6-4-11)19-9-15-17-18-19/h3-6,9-10H,2,7-8,14H2,1H3,(H,16,20). The molecule has 7 nitrogen and oxygen atoms in total. The first kappa shape index (κ1) is 14.1. The summed E-state index contributed by atoms with van der Waals surface area (Å²) in [4.78, 5) is 11.8. The second kappa shape index (κ2) is 6.76. The predicted molar refractivity (Wildman–Crippen MR) is 75.2 cm³/mol. The predicted octanol–water partition coefficient (Wildman–Crippen LogP) is 0.976. The minimum atomic E-state index is 0.000438. The van der Waals surface area contributed by atoms with E-state index in [4.69, 9.17) is 5.73 Å². The van der Waals surface area contributed by atoms with E-state index in [1.165, 1.54) is 6.33 Å². The number of carbonyl (C=O) groups is 1. The van der Waals surface area contributed by atoms with Crippen LogP contribution in [0.15, 0.2) is 30.6 Å². The zero-order chi connectivity index (χ0) is 14.4. The molecule has 1 amide bonds. The molecule has 1 unspecified atom stereocenters. The summed E-state index contributed by atoms with van der Waals surface area (Å²) in [5, 5.41) is 13.8. The Balaban J connectivity index is 1.89. The van der Waals surface area contributed by atoms with Crippen molar-refractivity contribution in [2.45, 2.75) is 19.8 Å². The van der Waals surface area contributed by atoms with Gasteiger partial charge in [0, 0.05) is 12.1 Å². The number of nitrogens with zero attached hydrogens (tertiary/aromatic N) is 4. The Morgan fingerprint density at radius 2 is 2.15 bits per heavy atom. The van der Waals surface area contributed by atoms with Crippen LogP contribution in [0.4, 0.5) is 5.69 Å². The van der Waals surface area contributed by atoms with Gasteiger partial charge < -0.3 is 11.1 Å². The van der Waals surface area contributed by atoms with Gasteiger partial charge in [-0.3, -0.25) is 4.79 Å². The highest BCUT2D eigenvalue weighted by Crippen LogP contribution is 2.13. The van der Waals surface area contributed by atoms with Crippen LogP contribution in [0.5, 0.6) is 0 Å². The molecule has 0 bridgehead atoms. The number of nitrogens with two attached hydrogens (primary N) is 1. The molecular formula is C13H18N6O. The smallest absolute Gasteiger partial charge is 0.224 e. The van der Waals surface area contributed by atoms with E-state index < -0.39 is 0 Å². The number of benzene rings is 1. The Morgan fingerprint density at radius 1 is 1.40 bits per heavy atom. The third-order valence-corrected chi connectivity index (χ3v) is 3.03. The average molecular weight is 274 g/mol. The zero-order valence-electron chi connectivity index (χ0n) is 11.4. The van der Waals surface area contributed by atoms with E-state index in [9.17, 15) is 4.79 Å². The number of hydrogen-bond acceptors (Lipinski definition) is 5. The second-order valence-corrected chi connectivity index (χ2v) is 4.73. The molecule has 0 saturated heterocycles. The quantitative estimate of drug-likeness (QED) is 0.818. The summed E-state index contributed by atoms with van der Waals surface area (Å²) >= 11 is 0. The summed E-state index contributed by atoms with van der Waals surface area (Å²) in [6, 6.07) is 7.32. The summed E-state index contributed by atoms with van der Waals surface area (Å²) in [5.74, 6) is 0.364. The summed E-state index contributed by atoms with van der Waals surface area (Å²) < 4.78 is 1.55. The maximum Gasteiger partial charge on any atom is 0.224 e. The van der Waals surface area contributed by atoms with Crippen LogP contribution in [-0.2, 0) is 4.79 Å². The first-order valence-corrected chi connectivity index (χ1v) is 6.52. The van der Waals surface area contributed by atoms with Crippen molar-refractivity contribution < 1.29 is 4.79 Å². The van der Waals surface area contributed by atoms with Gasteiger partial charge in [0.15, 0.2) is 0 Å². The minimum Gasteiger partial charge on any atom is -0.330 e. The van der Waals surface area contributed by atoms with Crippen molar-refractivity contribution in [1.82, 2.24) is 20.2 Å². The Kier molecular flexibility index (Phi) is 4.78. The summed E-state index contributed by atoms with van der Waals surface area (Å²) in [7, 11) is 0. The number of amides is 1. The van der Waals surface area contributed by atoms with E-state index in [0.717, 1.165) is 17.8 Å². The first-order chi connectivity index (χ1) is 9.69. The molecule has 0 spiro atoms. The maximum atomic E-state index is 11.8. The maximum absolute atomic E-state index is 11.8. The normalized spacial score (nSPS) is 12.1. The van der Waals surface area contributed by atoms with Crippen molar-refractivity contribution in [3.63, 3.8) is 0 Å². The molecule has 2 aromatic rings. The van der Waals surface area contributed by atoms with Crippen molar-refractivity contribution in [3.8, 4) is 5.69 Å². The van der Waals surface area contributed by atoms with Gasteiger partial charge in [0.1, 0.15) is 6.33 Å². The lowest BCUT2D eigenvalue weighted by Crippen LogP contribution is -2.16. The molecule has 1 aromatic carbocycles. The van der Waals surface area contributed by atoms with E-state index in [0.29, 0.717) is 18.9 Å². The van der Waals surface area contributed by atoms with Crippen LogP contribution < -0.4 is 11.1 Å². The highest BCUT2D eigenvalue weighted by atomic mass is 16.1. The lowest BCUT2D eigenvalue weighted by Gasteiger charge is -2.09. The lowest BCUT2D eigenvalue weighted by molar-refractivity contribution is -0.116. The Morgan fingerprint density at radius 3 is 2.75 bits per heavy atom. The van der Waals surface area contributed by atoms with Crippen molar-refractivity contribution in [1.29, 1.82) is 0 Å². The minimum absolute atomic E-state index is 0.000438. The molecule has 0 saturated carbocycles. The number of aromatic nitrogens is 4. The van der Waals surface area contributed by atoms with Gasteiger partial charge in [-0.25, -0.2) is 4.68 Å². The monoisotopic (exact) mass is 274 g/mol. The third-order valence-electron chi connectivity index (χ3n) is 3.03. The van der Waals surface area contributed by atoms with E-state index in [2.05, 4.69) is 20.8 Å². The fourth-order valence-electron chi connectivity index (χ4n) is 1.70. The molecule has 3 N–H and O–H groups in total. The number of carbonyl (C=O) groups excluding carboxylic acids is 1. The number of nitrogens with one attached hydrogen (secondary N) is 1. The number of tetrazole rings is 1. The molecule has 1 aromatic heterocycles. The lowest BCUT2D eigenvalue weighted by atomic mass is 10.1. The van der Waals surface area contributed by atoms with Crippen molar-refractivity contribution in [2.24, 2.45) is 11.7 Å². The van der Waals surface area contributed by atoms with E-state index >= 15 is 0 Å². The summed E-state index contributed by atoms with van der Waals surface area (Å²) in [5.41, 5.74) is 7.12. The fourth-order valence-corrected chi connectivity index (χ4v) is 1.70. The number of hydrogen-bond donors (Lipinski definition) is 2. The van der Waals surface area contributed by atoms with Crippen LogP contribution in [0.3, 0.4) is 0 Å². The average Bonchev–Trinajstić information content (AvgIpc) is 2.99. The molecular weight excluding hydrogens is 256 g/mol. The highest BCUT2D eigenvalue weighted by molar-refractivity contribution is 5.90. The van der Waals surface area contributed by atoms with Crippen LogP contribution in [0.1, 0.15) is 19.8 Å². The van der Waals surface area contributed by atoms with Gasteiger partial charge in [-0.1, -0.05) is 6.92 Å². The molecule has 1 atom stereocenters. The molecule has 0 aliphatic heterocycles. The van der Waals surface area contributed by atoms with E-state index in [-0.39, 0.29) is 5.91 Å². The number of rotatable bonds is 6. The third kappa shape index (κ3) is 3.86. The highest BCUT2D eigenvalue weighted by Gasteiger charge is 2.06. The molecule has 0 fully saturated rings. The van der Waals surface area contributed by atoms with Crippen molar-refractivity contribution in [3.05, 3.63) is 30.6 Å². The molecule has 7 heteroatoms. The van der Waals surface area contributed by atoms with Gasteiger partial charge >= 0.3 is 0 Å². The van der Waals surface area contributed by atoms with Gasteiger partial charge in [-0.15, -0.1) is 5.10 Å². The van der Waals surface area contributed by atoms with E-state index in [1.54, 1.807) is 4.68 Å². The van der Waals surface area contributed by atoms with E-state index in [1.807, 2.05) is 31.2 Å². The van der Waals surface area contributed by atoms with Gasteiger partial charge in [0.25, 0.3) is 0 Å². The van der Waals surface area contributed by atoms with Crippen LogP contribution in [0.25, 0.3) is 5.69 Å². The van der Waals surface area contributed by atoms with Gasteiger partial charge in [0.05, 0.1) is 5.69 Å². The van der Waals surface area contributed by atoms with Crippen molar-refractivity contribution in [2.75, 3.05) is 11.9 Å². The Hall–Kier alpha value is -2.28. The molecule has 1 heterocycles. The SMILES string of the molecule is CC(CN)CCC(=O)Nc1ccc(-n2cnnn2)cc1. The van der Waals surface area contributed by atoms with Crippen molar-refractivity contribution >= 4 is 11.6 Å². The molecule has 106 valence electrons. The van der Waals surface area contributed by atoms with Gasteiger partial charge in [0.2, 0.25) is 5.91 Å². The topological polar surface area (TPSA) is 98.7 Å². The zero-order valence-corrected chi connectivity index (χ0v) is 11.4. The molecule has 2 rings (SSSR count). The first-order valence-electron chi connectivity index (χ1n) is 6.52. The molecule has 0 aliphatic rings. The molecule has 20 heavy (non-hydrogen) atoms. The summed E-state index contributed by atoms with van der Waals surface area (Å²) in [6.45, 7) is 2.64. The second-order valence-electron chi connectivity index (χ2n) is 4.73. The summed E-state index contributed by atoms with van der Waals surface area (Å²) in [6.07, 6.45) is 2.79. The molecule has 0 radical (unpaired) electrons. The van der Waals surface area contributed by atoms with Crippen LogP contribution in [0, 0.1) is 5.92 Å². The van der Waals surface area contributed by atoms with Gasteiger partial charge in [-0.2, -0.15) is 0 Å². The van der Waals surface area contributed by atoms with Crippen LogP contribution in [0.2, 0.25) is 0 Å². The van der Waals surface area contributed by atoms with Crippen LogP contribution in [-0.4, -0.2) is 32.7 Å².